The predicted octanol–water partition coefficient (Wildman–Crippen LogP) is 3.33. The molecule has 150 valence electrons. The first-order chi connectivity index (χ1) is 12.6. The number of hydrogen-bond acceptors (Lipinski definition) is 6. The molecule has 0 heterocycles. The number of unbranched alkanes of at least 4 members (excludes halogenated alkanes) is 3. The highest BCUT2D eigenvalue weighted by Gasteiger charge is 2.14. The zero-order chi connectivity index (χ0) is 19.1. The van der Waals surface area contributed by atoms with E-state index in [0.29, 0.717) is 26.4 Å². The van der Waals surface area contributed by atoms with Crippen LogP contribution in [0.3, 0.4) is 0 Å². The van der Waals surface area contributed by atoms with Gasteiger partial charge in [-0.2, -0.15) is 8.42 Å². The van der Waals surface area contributed by atoms with Crippen LogP contribution in [0, 0.1) is 6.92 Å². The molecule has 1 aromatic carbocycles. The van der Waals surface area contributed by atoms with E-state index in [1.54, 1.807) is 12.1 Å². The summed E-state index contributed by atoms with van der Waals surface area (Å²) in [6.07, 6.45) is 4.80. The van der Waals surface area contributed by atoms with Gasteiger partial charge in [-0.25, -0.2) is 0 Å². The van der Waals surface area contributed by atoms with Gasteiger partial charge in [0.1, 0.15) is 0 Å². The average Bonchev–Trinajstić information content (AvgIpc) is 2.62. The van der Waals surface area contributed by atoms with Crippen molar-refractivity contribution in [3.63, 3.8) is 0 Å². The van der Waals surface area contributed by atoms with Gasteiger partial charge in [0.15, 0.2) is 0 Å². The van der Waals surface area contributed by atoms with Gasteiger partial charge >= 0.3 is 0 Å². The summed E-state index contributed by atoms with van der Waals surface area (Å²) < 4.78 is 45.0. The van der Waals surface area contributed by atoms with E-state index >= 15 is 0 Å². The first kappa shape index (κ1) is 23.0. The number of rotatable bonds is 16. The van der Waals surface area contributed by atoms with E-state index in [1.807, 2.05) is 6.92 Å². The molecule has 0 saturated heterocycles. The van der Waals surface area contributed by atoms with E-state index in [4.69, 9.17) is 18.4 Å². The Balaban J connectivity index is 1.94. The first-order valence-electron chi connectivity index (χ1n) is 9.25. The topological polar surface area (TPSA) is 71.1 Å². The Morgan fingerprint density at radius 2 is 1.27 bits per heavy atom. The zero-order valence-corrected chi connectivity index (χ0v) is 16.8. The average molecular weight is 389 g/mol. The number of hydrogen-bond donors (Lipinski definition) is 0. The Morgan fingerprint density at radius 1 is 0.731 bits per heavy atom. The van der Waals surface area contributed by atoms with Gasteiger partial charge in [0.2, 0.25) is 0 Å². The largest absolute Gasteiger partial charge is 0.379 e. The van der Waals surface area contributed by atoms with Crippen molar-refractivity contribution in [2.24, 2.45) is 0 Å². The lowest BCUT2D eigenvalue weighted by molar-refractivity contribution is 0.00913. The van der Waals surface area contributed by atoms with Gasteiger partial charge in [0.05, 0.1) is 44.5 Å². The summed E-state index contributed by atoms with van der Waals surface area (Å²) in [5.41, 5.74) is 0.995. The number of ether oxygens (including phenoxy) is 3. The van der Waals surface area contributed by atoms with Crippen LogP contribution in [-0.4, -0.2) is 54.7 Å². The lowest BCUT2D eigenvalue weighted by atomic mass is 10.2. The van der Waals surface area contributed by atoms with Crippen LogP contribution in [0.2, 0.25) is 0 Å². The fourth-order valence-electron chi connectivity index (χ4n) is 2.15. The van der Waals surface area contributed by atoms with Gasteiger partial charge in [0.25, 0.3) is 10.1 Å². The lowest BCUT2D eigenvalue weighted by Gasteiger charge is -2.08. The smallest absolute Gasteiger partial charge is 0.297 e. The zero-order valence-electron chi connectivity index (χ0n) is 15.9. The van der Waals surface area contributed by atoms with E-state index in [1.165, 1.54) is 31.4 Å². The molecule has 0 aliphatic carbocycles. The molecule has 7 heteroatoms. The Morgan fingerprint density at radius 3 is 1.85 bits per heavy atom. The third-order valence-electron chi connectivity index (χ3n) is 3.66. The second kappa shape index (κ2) is 14.1. The van der Waals surface area contributed by atoms with Gasteiger partial charge in [-0.05, 0) is 25.5 Å². The Labute approximate surface area is 157 Å². The minimum absolute atomic E-state index is 0.0168. The minimum Gasteiger partial charge on any atom is -0.379 e. The van der Waals surface area contributed by atoms with Crippen molar-refractivity contribution >= 4 is 10.1 Å². The summed E-state index contributed by atoms with van der Waals surface area (Å²) in [6, 6.07) is 6.54. The molecule has 0 unspecified atom stereocenters. The fourth-order valence-corrected chi connectivity index (χ4v) is 3.04. The highest BCUT2D eigenvalue weighted by Crippen LogP contribution is 2.12. The number of benzene rings is 1. The van der Waals surface area contributed by atoms with Crippen LogP contribution in [0.1, 0.15) is 38.2 Å². The van der Waals surface area contributed by atoms with Crippen LogP contribution < -0.4 is 0 Å². The molecule has 0 atom stereocenters. The van der Waals surface area contributed by atoms with Crippen LogP contribution in [0.5, 0.6) is 0 Å². The van der Waals surface area contributed by atoms with Crippen LogP contribution in [0.15, 0.2) is 29.2 Å². The van der Waals surface area contributed by atoms with E-state index in [9.17, 15) is 8.42 Å². The summed E-state index contributed by atoms with van der Waals surface area (Å²) in [6.45, 7) is 7.01. The summed E-state index contributed by atoms with van der Waals surface area (Å²) in [5, 5.41) is 0. The molecule has 0 fully saturated rings. The molecule has 0 N–H and O–H groups in total. The Kier molecular flexibility index (Phi) is 12.5. The Hall–Kier alpha value is -0.990. The molecule has 0 saturated carbocycles. The normalized spacial score (nSPS) is 11.8. The maximum Gasteiger partial charge on any atom is 0.297 e. The van der Waals surface area contributed by atoms with Crippen molar-refractivity contribution in [2.75, 3.05) is 46.2 Å². The van der Waals surface area contributed by atoms with E-state index in [2.05, 4.69) is 6.92 Å². The molecule has 0 amide bonds. The first-order valence-corrected chi connectivity index (χ1v) is 10.7. The highest BCUT2D eigenvalue weighted by molar-refractivity contribution is 7.86. The van der Waals surface area contributed by atoms with Crippen LogP contribution in [0.4, 0.5) is 0 Å². The second-order valence-corrected chi connectivity index (χ2v) is 7.60. The van der Waals surface area contributed by atoms with Gasteiger partial charge in [-0.15, -0.1) is 0 Å². The van der Waals surface area contributed by atoms with Gasteiger partial charge in [0, 0.05) is 6.61 Å². The van der Waals surface area contributed by atoms with Crippen molar-refractivity contribution in [2.45, 2.75) is 44.4 Å². The third-order valence-corrected chi connectivity index (χ3v) is 4.99. The van der Waals surface area contributed by atoms with Gasteiger partial charge < -0.3 is 14.2 Å². The van der Waals surface area contributed by atoms with Crippen molar-refractivity contribution in [1.82, 2.24) is 0 Å². The van der Waals surface area contributed by atoms with Crippen molar-refractivity contribution < 1.29 is 26.8 Å². The molecule has 0 aliphatic heterocycles. The van der Waals surface area contributed by atoms with Crippen LogP contribution >= 0.6 is 0 Å². The van der Waals surface area contributed by atoms with Gasteiger partial charge in [-0.1, -0.05) is 43.9 Å². The van der Waals surface area contributed by atoms with Crippen LogP contribution in [-0.2, 0) is 28.5 Å². The molecular formula is C19H32O6S. The predicted molar refractivity (Wildman–Crippen MR) is 101 cm³/mol. The molecule has 26 heavy (non-hydrogen) atoms. The van der Waals surface area contributed by atoms with E-state index < -0.39 is 10.1 Å². The molecule has 0 bridgehead atoms. The van der Waals surface area contributed by atoms with Crippen molar-refractivity contribution in [3.8, 4) is 0 Å². The van der Waals surface area contributed by atoms with E-state index in [0.717, 1.165) is 18.6 Å². The number of aryl methyl sites for hydroxylation is 1. The molecule has 0 aliphatic rings. The fraction of sp³-hybridized carbons (Fsp3) is 0.684. The lowest BCUT2D eigenvalue weighted by Crippen LogP contribution is -2.14. The maximum absolute atomic E-state index is 11.9. The molecule has 0 radical (unpaired) electrons. The minimum atomic E-state index is -3.72. The van der Waals surface area contributed by atoms with Crippen molar-refractivity contribution in [1.29, 1.82) is 0 Å². The summed E-state index contributed by atoms with van der Waals surface area (Å²) in [5.74, 6) is 0. The molecular weight excluding hydrogens is 356 g/mol. The summed E-state index contributed by atoms with van der Waals surface area (Å²) in [7, 11) is -3.72. The molecule has 6 nitrogen and oxygen atoms in total. The highest BCUT2D eigenvalue weighted by atomic mass is 32.2. The SMILES string of the molecule is CCCCCCOCCOCCOCCOS(=O)(=O)c1ccc(C)cc1. The molecule has 1 rings (SSSR count). The van der Waals surface area contributed by atoms with E-state index in [-0.39, 0.29) is 18.1 Å². The Bertz CT molecular complexity index is 556. The molecule has 1 aromatic rings. The maximum atomic E-state index is 11.9. The summed E-state index contributed by atoms with van der Waals surface area (Å²) in [4.78, 5) is 0.154. The molecule has 0 aromatic heterocycles. The van der Waals surface area contributed by atoms with Crippen molar-refractivity contribution in [3.05, 3.63) is 29.8 Å². The van der Waals surface area contributed by atoms with Gasteiger partial charge in [-0.3, -0.25) is 4.18 Å². The summed E-state index contributed by atoms with van der Waals surface area (Å²) >= 11 is 0. The monoisotopic (exact) mass is 388 g/mol. The van der Waals surface area contributed by atoms with Crippen LogP contribution in [0.25, 0.3) is 0 Å². The molecule has 0 spiro atoms. The third kappa shape index (κ3) is 10.9. The quantitative estimate of drug-likeness (QED) is 0.320. The standard InChI is InChI=1S/C19H32O6S/c1-3-4-5-6-11-22-12-13-23-14-15-24-16-17-25-26(20,21)19-9-7-18(2)8-10-19/h7-10H,3-6,11-17H2,1-2H3. The second-order valence-electron chi connectivity index (χ2n) is 5.99.